The number of ether oxygens (including phenoxy) is 1. The van der Waals surface area contributed by atoms with E-state index in [1.54, 1.807) is 7.11 Å². The molecule has 2 atom stereocenters. The minimum Gasteiger partial charge on any atom is -0.384 e. The molecule has 2 saturated heterocycles. The zero-order valence-electron chi connectivity index (χ0n) is 14.0. The van der Waals surface area contributed by atoms with Crippen LogP contribution in [-0.4, -0.2) is 75.3 Å². The van der Waals surface area contributed by atoms with Crippen molar-refractivity contribution in [3.05, 3.63) is 0 Å². The second-order valence-corrected chi connectivity index (χ2v) is 6.30. The zero-order chi connectivity index (χ0) is 15.1. The average molecular weight is 296 g/mol. The predicted molar refractivity (Wildman–Crippen MR) is 87.8 cm³/mol. The molecule has 2 unspecified atom stereocenters. The number of methoxy groups -OCH3 is 1. The fraction of sp³-hybridized carbons (Fsp3) is 0.938. The van der Waals surface area contributed by atoms with Gasteiger partial charge in [0.05, 0.1) is 6.61 Å². The quantitative estimate of drug-likeness (QED) is 0.592. The van der Waals surface area contributed by atoms with Crippen molar-refractivity contribution in [3.8, 4) is 0 Å². The first-order chi connectivity index (χ1) is 10.3. The number of hydrogen-bond acceptors (Lipinski definition) is 3. The van der Waals surface area contributed by atoms with Crippen LogP contribution in [0.4, 0.5) is 0 Å². The molecule has 122 valence electrons. The maximum atomic E-state index is 5.29. The molecule has 0 aromatic rings. The van der Waals surface area contributed by atoms with Gasteiger partial charge in [0, 0.05) is 45.8 Å². The lowest BCUT2D eigenvalue weighted by atomic mass is 10.1. The molecular formula is C16H32N4O. The number of nitrogens with zero attached hydrogens (tertiary/aromatic N) is 3. The first-order valence-electron chi connectivity index (χ1n) is 8.51. The van der Waals surface area contributed by atoms with Crippen LogP contribution in [0.1, 0.15) is 26.7 Å². The summed E-state index contributed by atoms with van der Waals surface area (Å²) in [6.45, 7) is 13.0. The number of aliphatic imine (C=N–C) groups is 1. The Bertz CT molecular complexity index is 334. The molecule has 0 aromatic carbocycles. The van der Waals surface area contributed by atoms with E-state index < -0.39 is 0 Å². The van der Waals surface area contributed by atoms with Gasteiger partial charge in [-0.15, -0.1) is 0 Å². The molecule has 2 fully saturated rings. The van der Waals surface area contributed by atoms with Crippen LogP contribution in [0.2, 0.25) is 0 Å². The van der Waals surface area contributed by atoms with Gasteiger partial charge in [-0.3, -0.25) is 4.99 Å². The molecule has 1 N–H and O–H groups in total. The standard InChI is InChI=1S/C16H32N4O/c1-4-17-16(20-9-7-15(12-20)13-21-3)18-10-14-6-8-19(5-2)11-14/h14-15H,4-13H2,1-3H3,(H,17,18). The number of likely N-dealkylation sites (tertiary alicyclic amines) is 2. The lowest BCUT2D eigenvalue weighted by Crippen LogP contribution is -2.40. The Hall–Kier alpha value is -0.810. The number of nitrogens with one attached hydrogen (secondary N) is 1. The molecule has 2 aliphatic rings. The van der Waals surface area contributed by atoms with Crippen molar-refractivity contribution in [1.82, 2.24) is 15.1 Å². The second kappa shape index (κ2) is 8.59. The minimum atomic E-state index is 0.654. The molecule has 0 aromatic heterocycles. The van der Waals surface area contributed by atoms with E-state index in [1.807, 2.05) is 0 Å². The van der Waals surface area contributed by atoms with E-state index in [2.05, 4.69) is 29.0 Å². The lowest BCUT2D eigenvalue weighted by Gasteiger charge is -2.22. The Labute approximate surface area is 129 Å². The van der Waals surface area contributed by atoms with Crippen molar-refractivity contribution < 1.29 is 4.74 Å². The van der Waals surface area contributed by atoms with Crippen LogP contribution in [-0.2, 0) is 4.74 Å². The number of guanidine groups is 1. The highest BCUT2D eigenvalue weighted by Crippen LogP contribution is 2.18. The fourth-order valence-corrected chi connectivity index (χ4v) is 3.39. The van der Waals surface area contributed by atoms with Gasteiger partial charge in [-0.2, -0.15) is 0 Å². The summed E-state index contributed by atoms with van der Waals surface area (Å²) in [6.07, 6.45) is 2.51. The molecule has 5 nitrogen and oxygen atoms in total. The van der Waals surface area contributed by atoms with Gasteiger partial charge in [0.2, 0.25) is 0 Å². The Morgan fingerprint density at radius 3 is 2.67 bits per heavy atom. The van der Waals surface area contributed by atoms with E-state index in [4.69, 9.17) is 9.73 Å². The molecule has 0 radical (unpaired) electrons. The van der Waals surface area contributed by atoms with Gasteiger partial charge in [0.1, 0.15) is 0 Å². The topological polar surface area (TPSA) is 40.1 Å². The summed E-state index contributed by atoms with van der Waals surface area (Å²) in [5.74, 6) is 2.49. The molecule has 2 heterocycles. The lowest BCUT2D eigenvalue weighted by molar-refractivity contribution is 0.157. The van der Waals surface area contributed by atoms with Crippen LogP contribution in [0.25, 0.3) is 0 Å². The third-order valence-electron chi connectivity index (χ3n) is 4.64. The van der Waals surface area contributed by atoms with Gasteiger partial charge in [0.25, 0.3) is 0 Å². The predicted octanol–water partition coefficient (Wildman–Crippen LogP) is 1.26. The average Bonchev–Trinajstić information content (AvgIpc) is 3.13. The number of rotatable bonds is 6. The molecule has 5 heteroatoms. The van der Waals surface area contributed by atoms with Crippen LogP contribution in [0.5, 0.6) is 0 Å². The first kappa shape index (κ1) is 16.6. The molecule has 0 spiro atoms. The van der Waals surface area contributed by atoms with E-state index in [0.29, 0.717) is 5.92 Å². The van der Waals surface area contributed by atoms with Gasteiger partial charge in [0.15, 0.2) is 5.96 Å². The molecule has 2 aliphatic heterocycles. The maximum Gasteiger partial charge on any atom is 0.193 e. The molecular weight excluding hydrogens is 264 g/mol. The third kappa shape index (κ3) is 4.85. The van der Waals surface area contributed by atoms with Crippen molar-refractivity contribution in [1.29, 1.82) is 0 Å². The highest BCUT2D eigenvalue weighted by Gasteiger charge is 2.25. The van der Waals surface area contributed by atoms with Crippen LogP contribution in [0.15, 0.2) is 4.99 Å². The largest absolute Gasteiger partial charge is 0.384 e. The van der Waals surface area contributed by atoms with Crippen LogP contribution in [0.3, 0.4) is 0 Å². The molecule has 0 amide bonds. The molecule has 0 saturated carbocycles. The number of hydrogen-bond donors (Lipinski definition) is 1. The van der Waals surface area contributed by atoms with Crippen molar-refractivity contribution >= 4 is 5.96 Å². The van der Waals surface area contributed by atoms with Crippen molar-refractivity contribution in [3.63, 3.8) is 0 Å². The van der Waals surface area contributed by atoms with E-state index >= 15 is 0 Å². The monoisotopic (exact) mass is 296 g/mol. The van der Waals surface area contributed by atoms with E-state index in [0.717, 1.165) is 44.7 Å². The Kier molecular flexibility index (Phi) is 6.77. The molecule has 0 aliphatic carbocycles. The summed E-state index contributed by atoms with van der Waals surface area (Å²) < 4.78 is 5.29. The van der Waals surface area contributed by atoms with E-state index in [9.17, 15) is 0 Å². The Balaban J connectivity index is 1.85. The fourth-order valence-electron chi connectivity index (χ4n) is 3.39. The van der Waals surface area contributed by atoms with Crippen LogP contribution >= 0.6 is 0 Å². The molecule has 2 rings (SSSR count). The highest BCUT2D eigenvalue weighted by atomic mass is 16.5. The summed E-state index contributed by atoms with van der Waals surface area (Å²) in [5.41, 5.74) is 0. The normalized spacial score (nSPS) is 27.6. The van der Waals surface area contributed by atoms with E-state index in [1.165, 1.54) is 32.5 Å². The molecule has 0 bridgehead atoms. The first-order valence-corrected chi connectivity index (χ1v) is 8.51. The smallest absolute Gasteiger partial charge is 0.193 e. The van der Waals surface area contributed by atoms with E-state index in [-0.39, 0.29) is 0 Å². The SMILES string of the molecule is CCNC(=NCC1CCN(CC)C1)N1CCC(COC)C1. The van der Waals surface area contributed by atoms with Crippen molar-refractivity contribution in [2.45, 2.75) is 26.7 Å². The van der Waals surface area contributed by atoms with Crippen LogP contribution in [0, 0.1) is 11.8 Å². The summed E-state index contributed by atoms with van der Waals surface area (Å²) in [5, 5.41) is 3.46. The summed E-state index contributed by atoms with van der Waals surface area (Å²) >= 11 is 0. The van der Waals surface area contributed by atoms with Gasteiger partial charge in [-0.25, -0.2) is 0 Å². The Morgan fingerprint density at radius 1 is 1.19 bits per heavy atom. The highest BCUT2D eigenvalue weighted by molar-refractivity contribution is 5.80. The van der Waals surface area contributed by atoms with Crippen molar-refractivity contribution in [2.75, 3.05) is 59.5 Å². The van der Waals surface area contributed by atoms with Gasteiger partial charge >= 0.3 is 0 Å². The maximum absolute atomic E-state index is 5.29. The molecule has 21 heavy (non-hydrogen) atoms. The van der Waals surface area contributed by atoms with Crippen molar-refractivity contribution in [2.24, 2.45) is 16.8 Å². The van der Waals surface area contributed by atoms with Gasteiger partial charge in [-0.05, 0) is 38.8 Å². The Morgan fingerprint density at radius 2 is 2.00 bits per heavy atom. The third-order valence-corrected chi connectivity index (χ3v) is 4.64. The zero-order valence-corrected chi connectivity index (χ0v) is 14.0. The van der Waals surface area contributed by atoms with Gasteiger partial charge in [-0.1, -0.05) is 6.92 Å². The second-order valence-electron chi connectivity index (χ2n) is 6.30. The summed E-state index contributed by atoms with van der Waals surface area (Å²) in [7, 11) is 1.79. The van der Waals surface area contributed by atoms with Gasteiger partial charge < -0.3 is 19.9 Å². The van der Waals surface area contributed by atoms with Crippen LogP contribution < -0.4 is 5.32 Å². The summed E-state index contributed by atoms with van der Waals surface area (Å²) in [6, 6.07) is 0. The summed E-state index contributed by atoms with van der Waals surface area (Å²) in [4.78, 5) is 9.83. The minimum absolute atomic E-state index is 0.654.